The highest BCUT2D eigenvalue weighted by Crippen LogP contribution is 2.24. The summed E-state index contributed by atoms with van der Waals surface area (Å²) in [5, 5.41) is 14.0. The molecule has 1 N–H and O–H groups in total. The molecule has 0 atom stereocenters. The molecule has 0 spiro atoms. The van der Waals surface area contributed by atoms with Gasteiger partial charge in [0.05, 0.1) is 8.71 Å². The molecule has 0 aliphatic heterocycles. The first-order chi connectivity index (χ1) is 9.06. The van der Waals surface area contributed by atoms with Crippen LogP contribution in [0, 0.1) is 17.0 Å². The predicted molar refractivity (Wildman–Crippen MR) is 79.8 cm³/mol. The van der Waals surface area contributed by atoms with E-state index in [1.54, 1.807) is 24.5 Å². The van der Waals surface area contributed by atoms with Gasteiger partial charge in [0.25, 0.3) is 0 Å². The number of nitrogens with one attached hydrogen (secondary N) is 1. The number of pyridine rings is 1. The van der Waals surface area contributed by atoms with E-state index in [-0.39, 0.29) is 5.69 Å². The van der Waals surface area contributed by atoms with Gasteiger partial charge < -0.3 is 5.32 Å². The van der Waals surface area contributed by atoms with Crippen LogP contribution in [0.15, 0.2) is 28.2 Å². The molecular formula is C12H12BrN3O2S. The number of aryl methyl sites for hydroxylation is 1. The Labute approximate surface area is 123 Å². The highest BCUT2D eigenvalue weighted by molar-refractivity contribution is 9.11. The smallest absolute Gasteiger partial charge is 0.311 e. The minimum absolute atomic E-state index is 0.0207. The van der Waals surface area contributed by atoms with Crippen LogP contribution >= 0.6 is 27.3 Å². The molecule has 0 bridgehead atoms. The van der Waals surface area contributed by atoms with Crippen molar-refractivity contribution >= 4 is 38.8 Å². The molecule has 19 heavy (non-hydrogen) atoms. The van der Waals surface area contributed by atoms with Gasteiger partial charge >= 0.3 is 5.69 Å². The normalized spacial score (nSPS) is 10.4. The first-order valence-electron chi connectivity index (χ1n) is 5.65. The van der Waals surface area contributed by atoms with Crippen molar-refractivity contribution in [2.45, 2.75) is 13.3 Å². The van der Waals surface area contributed by atoms with E-state index in [9.17, 15) is 10.1 Å². The van der Waals surface area contributed by atoms with Gasteiger partial charge in [-0.15, -0.1) is 11.3 Å². The number of thiophene rings is 1. The molecule has 0 saturated heterocycles. The summed E-state index contributed by atoms with van der Waals surface area (Å²) in [7, 11) is 0. The Hall–Kier alpha value is -1.47. The van der Waals surface area contributed by atoms with E-state index in [2.05, 4.69) is 26.2 Å². The van der Waals surface area contributed by atoms with Crippen molar-refractivity contribution in [3.8, 4) is 0 Å². The maximum Gasteiger partial charge on any atom is 0.311 e. The van der Waals surface area contributed by atoms with Gasteiger partial charge in [-0.1, -0.05) is 0 Å². The summed E-state index contributed by atoms with van der Waals surface area (Å²) in [4.78, 5) is 15.8. The molecule has 0 aliphatic carbocycles. The molecule has 0 aliphatic rings. The van der Waals surface area contributed by atoms with Crippen LogP contribution in [0.25, 0.3) is 0 Å². The predicted octanol–water partition coefficient (Wildman–Crippen LogP) is 3.78. The Balaban J connectivity index is 2.01. The Morgan fingerprint density at radius 3 is 2.95 bits per heavy atom. The third-order valence-electron chi connectivity index (χ3n) is 2.49. The largest absolute Gasteiger partial charge is 0.364 e. The number of hydrogen-bond acceptors (Lipinski definition) is 5. The third-order valence-corrected chi connectivity index (χ3v) is 4.18. The Kier molecular flexibility index (Phi) is 4.49. The van der Waals surface area contributed by atoms with Crippen molar-refractivity contribution in [1.29, 1.82) is 0 Å². The zero-order valence-electron chi connectivity index (χ0n) is 10.2. The van der Waals surface area contributed by atoms with E-state index in [0.29, 0.717) is 12.4 Å². The first kappa shape index (κ1) is 14.0. The summed E-state index contributed by atoms with van der Waals surface area (Å²) in [6.45, 7) is 2.40. The van der Waals surface area contributed by atoms with Crippen LogP contribution in [0.2, 0.25) is 0 Å². The molecule has 100 valence electrons. The second-order valence-electron chi connectivity index (χ2n) is 4.02. The zero-order valence-corrected chi connectivity index (χ0v) is 12.6. The quantitative estimate of drug-likeness (QED) is 0.663. The van der Waals surface area contributed by atoms with E-state index >= 15 is 0 Å². The summed E-state index contributed by atoms with van der Waals surface area (Å²) >= 11 is 5.06. The maximum atomic E-state index is 10.9. The fraction of sp³-hybridized carbons (Fsp3) is 0.250. The molecule has 0 aromatic carbocycles. The fourth-order valence-electron chi connectivity index (χ4n) is 1.62. The number of nitrogens with zero attached hydrogens (tertiary/aromatic N) is 2. The van der Waals surface area contributed by atoms with Crippen LogP contribution < -0.4 is 5.32 Å². The molecular weight excluding hydrogens is 330 g/mol. The lowest BCUT2D eigenvalue weighted by Crippen LogP contribution is -2.08. The SMILES string of the molecule is Cc1cnc(NCCc2ccc(Br)s2)c([N+](=O)[O-])c1. The average molecular weight is 342 g/mol. The number of aromatic nitrogens is 1. The van der Waals surface area contributed by atoms with Gasteiger partial charge in [0.1, 0.15) is 0 Å². The van der Waals surface area contributed by atoms with Gasteiger partial charge in [0.15, 0.2) is 0 Å². The molecule has 0 radical (unpaired) electrons. The van der Waals surface area contributed by atoms with Crippen LogP contribution in [0.4, 0.5) is 11.5 Å². The van der Waals surface area contributed by atoms with Crippen LogP contribution in [-0.4, -0.2) is 16.5 Å². The molecule has 7 heteroatoms. The lowest BCUT2D eigenvalue weighted by molar-refractivity contribution is -0.384. The van der Waals surface area contributed by atoms with Crippen molar-refractivity contribution in [1.82, 2.24) is 4.98 Å². The van der Waals surface area contributed by atoms with Gasteiger partial charge in [-0.25, -0.2) is 4.98 Å². The lowest BCUT2D eigenvalue weighted by Gasteiger charge is -2.05. The monoisotopic (exact) mass is 341 g/mol. The second kappa shape index (κ2) is 6.12. The van der Waals surface area contributed by atoms with Gasteiger partial charge in [-0.3, -0.25) is 10.1 Å². The number of anilines is 1. The zero-order chi connectivity index (χ0) is 13.8. The van der Waals surface area contributed by atoms with E-state index in [1.165, 1.54) is 10.9 Å². The summed E-state index contributed by atoms with van der Waals surface area (Å²) in [6, 6.07) is 5.55. The number of hydrogen-bond donors (Lipinski definition) is 1. The van der Waals surface area contributed by atoms with Crippen LogP contribution in [0.5, 0.6) is 0 Å². The number of halogens is 1. The lowest BCUT2D eigenvalue weighted by atomic mass is 10.3. The van der Waals surface area contributed by atoms with E-state index in [0.717, 1.165) is 15.8 Å². The van der Waals surface area contributed by atoms with Crippen molar-refractivity contribution in [2.75, 3.05) is 11.9 Å². The highest BCUT2D eigenvalue weighted by atomic mass is 79.9. The van der Waals surface area contributed by atoms with E-state index in [1.807, 2.05) is 12.1 Å². The minimum atomic E-state index is -0.413. The molecule has 0 saturated carbocycles. The summed E-state index contributed by atoms with van der Waals surface area (Å²) in [6.07, 6.45) is 2.43. The Morgan fingerprint density at radius 1 is 1.53 bits per heavy atom. The van der Waals surface area contributed by atoms with Crippen LogP contribution in [0.3, 0.4) is 0 Å². The summed E-state index contributed by atoms with van der Waals surface area (Å²) in [5.41, 5.74) is 0.798. The van der Waals surface area contributed by atoms with Gasteiger partial charge in [0, 0.05) is 23.7 Å². The second-order valence-corrected chi connectivity index (χ2v) is 6.57. The molecule has 0 amide bonds. The average Bonchev–Trinajstić information content (AvgIpc) is 2.77. The summed E-state index contributed by atoms with van der Waals surface area (Å²) in [5.74, 6) is 0.325. The van der Waals surface area contributed by atoms with Gasteiger partial charge in [-0.2, -0.15) is 0 Å². The Morgan fingerprint density at radius 2 is 2.32 bits per heavy atom. The van der Waals surface area contributed by atoms with Gasteiger partial charge in [0.2, 0.25) is 5.82 Å². The molecule has 5 nitrogen and oxygen atoms in total. The van der Waals surface area contributed by atoms with Crippen molar-refractivity contribution in [3.63, 3.8) is 0 Å². The maximum absolute atomic E-state index is 10.9. The van der Waals surface area contributed by atoms with Crippen molar-refractivity contribution < 1.29 is 4.92 Å². The molecule has 2 aromatic heterocycles. The van der Waals surface area contributed by atoms with E-state index < -0.39 is 4.92 Å². The highest BCUT2D eigenvalue weighted by Gasteiger charge is 2.14. The summed E-state index contributed by atoms with van der Waals surface area (Å²) < 4.78 is 1.09. The molecule has 0 unspecified atom stereocenters. The van der Waals surface area contributed by atoms with Crippen molar-refractivity contribution in [2.24, 2.45) is 0 Å². The Bertz CT molecular complexity index is 600. The van der Waals surface area contributed by atoms with Crippen LogP contribution in [-0.2, 0) is 6.42 Å². The topological polar surface area (TPSA) is 68.1 Å². The molecule has 2 heterocycles. The van der Waals surface area contributed by atoms with Crippen molar-refractivity contribution in [3.05, 3.63) is 48.7 Å². The van der Waals surface area contributed by atoms with E-state index in [4.69, 9.17) is 0 Å². The number of nitro groups is 1. The fourth-order valence-corrected chi connectivity index (χ4v) is 3.10. The van der Waals surface area contributed by atoms with Crippen LogP contribution in [0.1, 0.15) is 10.4 Å². The standard InChI is InChI=1S/C12H12BrN3O2S/c1-8-6-10(16(17)18)12(15-7-8)14-5-4-9-2-3-11(13)19-9/h2-3,6-7H,4-5H2,1H3,(H,14,15). The molecule has 2 aromatic rings. The molecule has 2 rings (SSSR count). The van der Waals surface area contributed by atoms with Gasteiger partial charge in [-0.05, 0) is 47.0 Å². The minimum Gasteiger partial charge on any atom is -0.364 e. The number of rotatable bonds is 5. The third kappa shape index (κ3) is 3.74. The molecule has 0 fully saturated rings. The first-order valence-corrected chi connectivity index (χ1v) is 7.26.